The highest BCUT2D eigenvalue weighted by molar-refractivity contribution is 7.09. The average molecular weight is 314 g/mol. The van der Waals surface area contributed by atoms with Gasteiger partial charge in [0.2, 0.25) is 0 Å². The third-order valence-electron chi connectivity index (χ3n) is 3.67. The van der Waals surface area contributed by atoms with Gasteiger partial charge in [-0.25, -0.2) is 4.98 Å². The molecule has 0 radical (unpaired) electrons. The van der Waals surface area contributed by atoms with Gasteiger partial charge >= 0.3 is 0 Å². The van der Waals surface area contributed by atoms with Crippen molar-refractivity contribution >= 4 is 28.2 Å². The number of hydrogen-bond acceptors (Lipinski definition) is 4. The molecule has 0 fully saturated rings. The summed E-state index contributed by atoms with van der Waals surface area (Å²) in [4.78, 5) is 16.7. The molecular weight excluding hydrogens is 296 g/mol. The van der Waals surface area contributed by atoms with Crippen LogP contribution in [-0.2, 0) is 6.54 Å². The Balaban J connectivity index is 1.87. The van der Waals surface area contributed by atoms with Crippen molar-refractivity contribution in [3.05, 3.63) is 50.7 Å². The van der Waals surface area contributed by atoms with Crippen LogP contribution in [0, 0.1) is 27.7 Å². The van der Waals surface area contributed by atoms with Crippen LogP contribution >= 0.6 is 11.3 Å². The second-order valence-electron chi connectivity index (χ2n) is 5.55. The van der Waals surface area contributed by atoms with Crippen LogP contribution in [0.4, 0.5) is 0 Å². The number of carbonyl (C=O) groups is 1. The molecule has 0 bridgehead atoms. The van der Waals surface area contributed by atoms with E-state index in [1.165, 1.54) is 0 Å². The zero-order chi connectivity index (χ0) is 15.9. The van der Waals surface area contributed by atoms with Crippen molar-refractivity contribution in [3.63, 3.8) is 0 Å². The van der Waals surface area contributed by atoms with Gasteiger partial charge < -0.3 is 9.73 Å². The van der Waals surface area contributed by atoms with E-state index in [4.69, 9.17) is 4.42 Å². The molecule has 5 heteroatoms. The van der Waals surface area contributed by atoms with Crippen LogP contribution < -0.4 is 5.32 Å². The Bertz CT molecular complexity index is 861. The minimum Gasteiger partial charge on any atom is -0.451 e. The summed E-state index contributed by atoms with van der Waals surface area (Å²) in [5, 5.41) is 6.85. The standard InChI is InChI=1S/C17H18N2O2S/c1-9-5-10(2)15-11(3)16(21-14(15)6-9)17(20)18-7-13-8-22-12(4)19-13/h5-6,8H,7H2,1-4H3,(H,18,20). The fourth-order valence-corrected chi connectivity index (χ4v) is 3.36. The lowest BCUT2D eigenvalue weighted by Gasteiger charge is -2.01. The summed E-state index contributed by atoms with van der Waals surface area (Å²) in [7, 11) is 0. The molecule has 0 spiro atoms. The Hall–Kier alpha value is -2.14. The molecule has 3 aromatic rings. The number of amides is 1. The molecule has 3 rings (SSSR count). The minimum absolute atomic E-state index is 0.198. The highest BCUT2D eigenvalue weighted by Crippen LogP contribution is 2.29. The summed E-state index contributed by atoms with van der Waals surface area (Å²) in [6.45, 7) is 8.35. The van der Waals surface area contributed by atoms with E-state index in [2.05, 4.69) is 16.4 Å². The van der Waals surface area contributed by atoms with E-state index in [-0.39, 0.29) is 5.91 Å². The maximum absolute atomic E-state index is 12.4. The van der Waals surface area contributed by atoms with E-state index in [1.54, 1.807) is 11.3 Å². The number of carbonyl (C=O) groups excluding carboxylic acids is 1. The molecule has 0 aliphatic rings. The predicted octanol–water partition coefficient (Wildman–Crippen LogP) is 4.05. The Morgan fingerprint density at radius 3 is 2.73 bits per heavy atom. The van der Waals surface area contributed by atoms with Crippen LogP contribution in [0.2, 0.25) is 0 Å². The van der Waals surface area contributed by atoms with Crippen LogP contribution in [-0.4, -0.2) is 10.9 Å². The van der Waals surface area contributed by atoms with E-state index >= 15 is 0 Å². The monoisotopic (exact) mass is 314 g/mol. The summed E-state index contributed by atoms with van der Waals surface area (Å²) in [6, 6.07) is 4.07. The molecule has 1 aromatic carbocycles. The van der Waals surface area contributed by atoms with Crippen molar-refractivity contribution in [1.29, 1.82) is 0 Å². The normalized spacial score (nSPS) is 11.1. The number of aryl methyl sites for hydroxylation is 4. The molecule has 1 amide bonds. The Kier molecular flexibility index (Phi) is 3.74. The summed E-state index contributed by atoms with van der Waals surface area (Å²) in [5.74, 6) is 0.187. The molecular formula is C17H18N2O2S. The topological polar surface area (TPSA) is 55.1 Å². The Labute approximate surface area is 133 Å². The van der Waals surface area contributed by atoms with Crippen molar-refractivity contribution in [2.45, 2.75) is 34.2 Å². The highest BCUT2D eigenvalue weighted by atomic mass is 32.1. The number of aromatic nitrogens is 1. The van der Waals surface area contributed by atoms with Crippen molar-refractivity contribution in [2.75, 3.05) is 0 Å². The van der Waals surface area contributed by atoms with Gasteiger partial charge in [-0.05, 0) is 44.9 Å². The summed E-state index contributed by atoms with van der Waals surface area (Å²) in [6.07, 6.45) is 0. The van der Waals surface area contributed by atoms with Gasteiger partial charge in [-0.2, -0.15) is 0 Å². The number of hydrogen-bond donors (Lipinski definition) is 1. The number of thiazole rings is 1. The van der Waals surface area contributed by atoms with E-state index in [9.17, 15) is 4.79 Å². The lowest BCUT2D eigenvalue weighted by molar-refractivity contribution is 0.0924. The lowest BCUT2D eigenvalue weighted by Crippen LogP contribution is -2.23. The van der Waals surface area contributed by atoms with E-state index in [0.717, 1.165) is 38.4 Å². The molecule has 0 aliphatic heterocycles. The summed E-state index contributed by atoms with van der Waals surface area (Å²) < 4.78 is 5.79. The van der Waals surface area contributed by atoms with Gasteiger partial charge in [0.05, 0.1) is 17.2 Å². The first-order chi connectivity index (χ1) is 10.5. The van der Waals surface area contributed by atoms with Crippen LogP contribution in [0.3, 0.4) is 0 Å². The van der Waals surface area contributed by atoms with Crippen molar-refractivity contribution in [3.8, 4) is 0 Å². The fourth-order valence-electron chi connectivity index (χ4n) is 2.75. The Morgan fingerprint density at radius 2 is 2.05 bits per heavy atom. The lowest BCUT2D eigenvalue weighted by atomic mass is 10.0. The second kappa shape index (κ2) is 5.57. The van der Waals surface area contributed by atoms with Gasteiger partial charge in [0.1, 0.15) is 5.58 Å². The third kappa shape index (κ3) is 2.64. The molecule has 0 unspecified atom stereocenters. The number of fused-ring (bicyclic) bond motifs is 1. The summed E-state index contributed by atoms with van der Waals surface area (Å²) in [5.41, 5.74) is 4.79. The number of furan rings is 1. The molecule has 2 aromatic heterocycles. The van der Waals surface area contributed by atoms with Crippen LogP contribution in [0.1, 0.15) is 37.9 Å². The van der Waals surface area contributed by atoms with E-state index in [0.29, 0.717) is 12.3 Å². The molecule has 0 aliphatic carbocycles. The van der Waals surface area contributed by atoms with Gasteiger partial charge in [-0.15, -0.1) is 11.3 Å². The predicted molar refractivity (Wildman–Crippen MR) is 88.4 cm³/mol. The van der Waals surface area contributed by atoms with E-state index < -0.39 is 0 Å². The SMILES string of the molecule is Cc1cc(C)c2c(C)c(C(=O)NCc3csc(C)n3)oc2c1. The maximum Gasteiger partial charge on any atom is 0.287 e. The average Bonchev–Trinajstić information content (AvgIpc) is 3.00. The van der Waals surface area contributed by atoms with Crippen LogP contribution in [0.5, 0.6) is 0 Å². The first-order valence-electron chi connectivity index (χ1n) is 7.15. The first kappa shape index (κ1) is 14.8. The van der Waals surface area contributed by atoms with Crippen LogP contribution in [0.15, 0.2) is 21.9 Å². The largest absolute Gasteiger partial charge is 0.451 e. The second-order valence-corrected chi connectivity index (χ2v) is 6.61. The number of nitrogens with one attached hydrogen (secondary N) is 1. The van der Waals surface area contributed by atoms with Gasteiger partial charge in [0.25, 0.3) is 5.91 Å². The molecule has 0 saturated carbocycles. The minimum atomic E-state index is -0.198. The van der Waals surface area contributed by atoms with Crippen LogP contribution in [0.25, 0.3) is 11.0 Å². The van der Waals surface area contributed by atoms with Crippen molar-refractivity contribution in [2.24, 2.45) is 0 Å². The number of rotatable bonds is 3. The van der Waals surface area contributed by atoms with Crippen molar-refractivity contribution < 1.29 is 9.21 Å². The van der Waals surface area contributed by atoms with Crippen molar-refractivity contribution in [1.82, 2.24) is 10.3 Å². The molecule has 22 heavy (non-hydrogen) atoms. The smallest absolute Gasteiger partial charge is 0.287 e. The highest BCUT2D eigenvalue weighted by Gasteiger charge is 2.19. The van der Waals surface area contributed by atoms with Gasteiger partial charge in [0, 0.05) is 16.3 Å². The fraction of sp³-hybridized carbons (Fsp3) is 0.294. The van der Waals surface area contributed by atoms with Gasteiger partial charge in [-0.3, -0.25) is 4.79 Å². The molecule has 0 atom stereocenters. The number of benzene rings is 1. The molecule has 1 N–H and O–H groups in total. The van der Waals surface area contributed by atoms with Gasteiger partial charge in [0.15, 0.2) is 5.76 Å². The maximum atomic E-state index is 12.4. The molecule has 2 heterocycles. The summed E-state index contributed by atoms with van der Waals surface area (Å²) >= 11 is 1.58. The van der Waals surface area contributed by atoms with E-state index in [1.807, 2.05) is 39.1 Å². The quantitative estimate of drug-likeness (QED) is 0.793. The molecule has 114 valence electrons. The third-order valence-corrected chi connectivity index (χ3v) is 4.50. The zero-order valence-electron chi connectivity index (χ0n) is 13.1. The Morgan fingerprint density at radius 1 is 1.27 bits per heavy atom. The molecule has 4 nitrogen and oxygen atoms in total. The number of nitrogens with zero attached hydrogens (tertiary/aromatic N) is 1. The zero-order valence-corrected chi connectivity index (χ0v) is 13.9. The van der Waals surface area contributed by atoms with Gasteiger partial charge in [-0.1, -0.05) is 6.07 Å². The molecule has 0 saturated heterocycles. The first-order valence-corrected chi connectivity index (χ1v) is 8.03.